The first kappa shape index (κ1) is 27.4. The molecule has 0 N–H and O–H groups in total. The summed E-state index contributed by atoms with van der Waals surface area (Å²) in [5.41, 5.74) is 1.18. The molecule has 0 nitrogen and oxygen atoms in total. The largest absolute Gasteiger partial charge is 0.0776 e. The van der Waals surface area contributed by atoms with Crippen molar-refractivity contribution in [3.63, 3.8) is 0 Å². The molecule has 19 heavy (non-hydrogen) atoms. The van der Waals surface area contributed by atoms with Gasteiger partial charge >= 0.3 is 0 Å². The predicted octanol–water partition coefficient (Wildman–Crippen LogP) is 8.11. The lowest BCUT2D eigenvalue weighted by atomic mass is 9.78. The van der Waals surface area contributed by atoms with E-state index in [9.17, 15) is 0 Å². The molecule has 0 saturated heterocycles. The van der Waals surface area contributed by atoms with Crippen LogP contribution in [-0.2, 0) is 0 Å². The molecule has 0 aromatic carbocycles. The zero-order valence-corrected chi connectivity index (χ0v) is 15.2. The minimum Gasteiger partial charge on any atom is -0.0776 e. The summed E-state index contributed by atoms with van der Waals surface area (Å²) in [5.74, 6) is 0. The van der Waals surface area contributed by atoms with Crippen LogP contribution in [0.5, 0.6) is 0 Å². The van der Waals surface area contributed by atoms with Gasteiger partial charge in [0.1, 0.15) is 0 Å². The molecular formula is C19H46. The highest BCUT2D eigenvalue weighted by Gasteiger charge is 2.19. The van der Waals surface area contributed by atoms with E-state index in [1.807, 2.05) is 13.8 Å². The third-order valence-corrected chi connectivity index (χ3v) is 2.21. The molecule has 1 fully saturated rings. The maximum Gasteiger partial charge on any atom is -0.0354 e. The van der Waals surface area contributed by atoms with E-state index in [1.54, 1.807) is 0 Å². The molecule has 1 rings (SSSR count). The van der Waals surface area contributed by atoms with Crippen molar-refractivity contribution in [1.82, 2.24) is 0 Å². The highest BCUT2D eigenvalue weighted by molar-refractivity contribution is 4.72. The molecule has 0 radical (unpaired) electrons. The summed E-state index contributed by atoms with van der Waals surface area (Å²) < 4.78 is 0. The highest BCUT2D eigenvalue weighted by Crippen LogP contribution is 2.34. The number of hydrogen-bond donors (Lipinski definition) is 0. The van der Waals surface area contributed by atoms with Gasteiger partial charge in [-0.25, -0.2) is 0 Å². The van der Waals surface area contributed by atoms with E-state index < -0.39 is 0 Å². The van der Waals surface area contributed by atoms with E-state index in [1.165, 1.54) is 38.5 Å². The summed E-state index contributed by atoms with van der Waals surface area (Å²) in [4.78, 5) is 0. The second-order valence-electron chi connectivity index (χ2n) is 7.43. The zero-order valence-electron chi connectivity index (χ0n) is 15.2. The highest BCUT2D eigenvalue weighted by atomic mass is 14.3. The average Bonchev–Trinajstić information content (AvgIpc) is 2.19. The fourth-order valence-corrected chi connectivity index (χ4v) is 1.51. The number of hydrogen-bond acceptors (Lipinski definition) is 0. The van der Waals surface area contributed by atoms with E-state index in [2.05, 4.69) is 55.4 Å². The Kier molecular flexibility index (Phi) is 23.1. The summed E-state index contributed by atoms with van der Waals surface area (Å²) in [5, 5.41) is 0. The summed E-state index contributed by atoms with van der Waals surface area (Å²) in [6, 6.07) is 0. The molecule has 0 unspecified atom stereocenters. The van der Waals surface area contributed by atoms with Gasteiger partial charge in [-0.3, -0.25) is 0 Å². The van der Waals surface area contributed by atoms with Crippen LogP contribution < -0.4 is 0 Å². The molecule has 0 spiro atoms. The van der Waals surface area contributed by atoms with Crippen LogP contribution in [-0.4, -0.2) is 0 Å². The SMILES string of the molecule is C.CC.CC(C)(C)C.CC1(C)CCCCC1.CCC. The van der Waals surface area contributed by atoms with E-state index >= 15 is 0 Å². The van der Waals surface area contributed by atoms with Gasteiger partial charge in [-0.15, -0.1) is 0 Å². The molecular weight excluding hydrogens is 228 g/mol. The second kappa shape index (κ2) is 16.1. The molecule has 0 aromatic heterocycles. The Morgan fingerprint density at radius 2 is 1.00 bits per heavy atom. The Hall–Kier alpha value is 0. The Morgan fingerprint density at radius 1 is 0.789 bits per heavy atom. The van der Waals surface area contributed by atoms with Crippen LogP contribution >= 0.6 is 0 Å². The van der Waals surface area contributed by atoms with Crippen LogP contribution in [0.2, 0.25) is 0 Å². The van der Waals surface area contributed by atoms with E-state index in [4.69, 9.17) is 0 Å². The fraction of sp³-hybridized carbons (Fsp3) is 1.00. The van der Waals surface area contributed by atoms with Crippen LogP contribution in [0, 0.1) is 10.8 Å². The molecule has 0 bridgehead atoms. The molecule has 0 heteroatoms. The van der Waals surface area contributed by atoms with Gasteiger partial charge in [0.25, 0.3) is 0 Å². The minimum absolute atomic E-state index is 0. The quantitative estimate of drug-likeness (QED) is 0.418. The minimum atomic E-state index is 0. The molecule has 0 aromatic rings. The van der Waals surface area contributed by atoms with E-state index in [-0.39, 0.29) is 7.43 Å². The maximum absolute atomic E-state index is 2.38. The molecule has 122 valence electrons. The van der Waals surface area contributed by atoms with Crippen molar-refractivity contribution in [3.8, 4) is 0 Å². The predicted molar refractivity (Wildman–Crippen MR) is 96.0 cm³/mol. The molecule has 0 atom stereocenters. The first-order valence-electron chi connectivity index (χ1n) is 8.12. The normalized spacial score (nSPS) is 16.1. The van der Waals surface area contributed by atoms with Crippen LogP contribution in [0.4, 0.5) is 0 Å². The Labute approximate surface area is 126 Å². The Morgan fingerprint density at radius 3 is 1.11 bits per heavy atom. The van der Waals surface area contributed by atoms with Gasteiger partial charge in [0.05, 0.1) is 0 Å². The van der Waals surface area contributed by atoms with E-state index in [0.29, 0.717) is 10.8 Å². The van der Waals surface area contributed by atoms with Gasteiger partial charge in [-0.1, -0.05) is 102 Å². The first-order chi connectivity index (χ1) is 8.12. The van der Waals surface area contributed by atoms with Crippen molar-refractivity contribution in [1.29, 1.82) is 0 Å². The fourth-order valence-electron chi connectivity index (χ4n) is 1.51. The van der Waals surface area contributed by atoms with Crippen molar-refractivity contribution in [2.24, 2.45) is 10.8 Å². The number of rotatable bonds is 0. The maximum atomic E-state index is 2.38. The smallest absolute Gasteiger partial charge is 0.0354 e. The molecule has 0 amide bonds. The van der Waals surface area contributed by atoms with Crippen LogP contribution in [0.3, 0.4) is 0 Å². The summed E-state index contributed by atoms with van der Waals surface area (Å²) in [6.45, 7) is 21.8. The summed E-state index contributed by atoms with van der Waals surface area (Å²) >= 11 is 0. The lowest BCUT2D eigenvalue weighted by Crippen LogP contribution is -2.14. The lowest BCUT2D eigenvalue weighted by Gasteiger charge is -2.28. The summed E-state index contributed by atoms with van der Waals surface area (Å²) in [6.07, 6.45) is 8.56. The monoisotopic (exact) mass is 274 g/mol. The average molecular weight is 275 g/mol. The topological polar surface area (TPSA) is 0 Å². The summed E-state index contributed by atoms with van der Waals surface area (Å²) in [7, 11) is 0. The van der Waals surface area contributed by atoms with Gasteiger partial charge in [0, 0.05) is 0 Å². The lowest BCUT2D eigenvalue weighted by molar-refractivity contribution is 0.244. The Bertz CT molecular complexity index is 123. The molecule has 0 aliphatic heterocycles. The van der Waals surface area contributed by atoms with Gasteiger partial charge in [-0.05, 0) is 23.7 Å². The third-order valence-electron chi connectivity index (χ3n) is 2.21. The zero-order chi connectivity index (χ0) is 15.2. The standard InChI is InChI=1S/C8H16.C5H12.C3H8.C2H6.CH4/c1-8(2)6-4-3-5-7-8;1-5(2,3)4;1-3-2;1-2;/h3-7H2,1-2H3;1-4H3;3H2,1-2H3;1-2H3;1H4. The van der Waals surface area contributed by atoms with Crippen molar-refractivity contribution < 1.29 is 0 Å². The van der Waals surface area contributed by atoms with Crippen molar-refractivity contribution >= 4 is 0 Å². The van der Waals surface area contributed by atoms with Crippen LogP contribution in [0.15, 0.2) is 0 Å². The van der Waals surface area contributed by atoms with Crippen LogP contribution in [0.1, 0.15) is 115 Å². The molecule has 1 aliphatic carbocycles. The molecule has 0 heterocycles. The van der Waals surface area contributed by atoms with Gasteiger partial charge in [0.15, 0.2) is 0 Å². The van der Waals surface area contributed by atoms with E-state index in [0.717, 1.165) is 0 Å². The second-order valence-corrected chi connectivity index (χ2v) is 7.43. The Balaban J connectivity index is -0.0000000898. The van der Waals surface area contributed by atoms with Crippen molar-refractivity contribution in [3.05, 3.63) is 0 Å². The first-order valence-corrected chi connectivity index (χ1v) is 8.12. The molecule has 1 aliphatic rings. The van der Waals surface area contributed by atoms with Gasteiger partial charge in [0.2, 0.25) is 0 Å². The van der Waals surface area contributed by atoms with Gasteiger partial charge < -0.3 is 0 Å². The molecule has 1 saturated carbocycles. The van der Waals surface area contributed by atoms with Crippen molar-refractivity contribution in [2.75, 3.05) is 0 Å². The van der Waals surface area contributed by atoms with Crippen molar-refractivity contribution in [2.45, 2.75) is 115 Å². The van der Waals surface area contributed by atoms with Gasteiger partial charge in [-0.2, -0.15) is 0 Å². The van der Waals surface area contributed by atoms with Crippen LogP contribution in [0.25, 0.3) is 0 Å². The third kappa shape index (κ3) is 46.1.